The average Bonchev–Trinajstić information content (AvgIpc) is 3.14. The normalized spacial score (nSPS) is 11.0. The molecule has 0 aromatic carbocycles. The molecule has 26 heavy (non-hydrogen) atoms. The molecule has 0 saturated heterocycles. The van der Waals surface area contributed by atoms with Gasteiger partial charge in [-0.1, -0.05) is 6.07 Å². The monoisotopic (exact) mass is 473 g/mol. The number of hydrogen-bond acceptors (Lipinski definition) is 5. The Balaban J connectivity index is 0.00000338. The molecule has 0 bridgehead atoms. The number of guanidine groups is 1. The molecule has 2 rings (SSSR count). The lowest BCUT2D eigenvalue weighted by atomic mass is 10.3. The molecule has 0 aliphatic carbocycles. The standard InChI is InChI=1S/C18H27N5O2.HI/c1-19-18(20-10-6-11-24-14-16-8-5-12-25-16)21-13-15-7-4-9-17(22-15)23(2)3;/h4-5,7-9,12H,6,10-11,13-14H2,1-3H3,(H2,19,20,21);1H. The first kappa shape index (κ1) is 22.2. The minimum absolute atomic E-state index is 0. The Bertz CT molecular complexity index is 647. The first-order chi connectivity index (χ1) is 12.2. The summed E-state index contributed by atoms with van der Waals surface area (Å²) in [5, 5.41) is 6.54. The lowest BCUT2D eigenvalue weighted by Gasteiger charge is -2.14. The molecule has 0 aliphatic heterocycles. The van der Waals surface area contributed by atoms with Crippen LogP contribution in [0, 0.1) is 0 Å². The summed E-state index contributed by atoms with van der Waals surface area (Å²) in [5.74, 6) is 2.54. The van der Waals surface area contributed by atoms with Crippen LogP contribution in [0.25, 0.3) is 0 Å². The lowest BCUT2D eigenvalue weighted by Crippen LogP contribution is -2.37. The van der Waals surface area contributed by atoms with Gasteiger partial charge in [0.15, 0.2) is 5.96 Å². The molecule has 2 aromatic rings. The van der Waals surface area contributed by atoms with Gasteiger partial charge in [-0.05, 0) is 30.7 Å². The molecule has 0 spiro atoms. The highest BCUT2D eigenvalue weighted by atomic mass is 127. The van der Waals surface area contributed by atoms with Crippen molar-refractivity contribution in [3.05, 3.63) is 48.0 Å². The molecule has 0 saturated carbocycles. The predicted octanol–water partition coefficient (Wildman–Crippen LogP) is 2.63. The number of anilines is 1. The van der Waals surface area contributed by atoms with Crippen molar-refractivity contribution < 1.29 is 9.15 Å². The Labute approximate surface area is 172 Å². The molecule has 0 fully saturated rings. The van der Waals surface area contributed by atoms with Crippen molar-refractivity contribution >= 4 is 35.8 Å². The second kappa shape index (κ2) is 12.5. The van der Waals surface area contributed by atoms with Gasteiger partial charge in [0.2, 0.25) is 0 Å². The zero-order valence-corrected chi connectivity index (χ0v) is 17.9. The molecule has 0 unspecified atom stereocenters. The fraction of sp³-hybridized carbons (Fsp3) is 0.444. The summed E-state index contributed by atoms with van der Waals surface area (Å²) in [6, 6.07) is 9.75. The summed E-state index contributed by atoms with van der Waals surface area (Å²) in [6.07, 6.45) is 2.54. The minimum Gasteiger partial charge on any atom is -0.467 e. The number of rotatable bonds is 9. The molecule has 2 N–H and O–H groups in total. The summed E-state index contributed by atoms with van der Waals surface area (Å²) in [5.41, 5.74) is 0.968. The van der Waals surface area contributed by atoms with Gasteiger partial charge >= 0.3 is 0 Å². The summed E-state index contributed by atoms with van der Waals surface area (Å²) < 4.78 is 10.8. The Morgan fingerprint density at radius 2 is 2.08 bits per heavy atom. The first-order valence-corrected chi connectivity index (χ1v) is 8.37. The van der Waals surface area contributed by atoms with E-state index < -0.39 is 0 Å². The summed E-state index contributed by atoms with van der Waals surface area (Å²) >= 11 is 0. The number of pyridine rings is 1. The number of furan rings is 1. The van der Waals surface area contributed by atoms with Crippen LogP contribution in [-0.4, -0.2) is 45.2 Å². The second-order valence-electron chi connectivity index (χ2n) is 5.72. The Morgan fingerprint density at radius 1 is 1.23 bits per heavy atom. The highest BCUT2D eigenvalue weighted by Crippen LogP contribution is 2.07. The van der Waals surface area contributed by atoms with Crippen LogP contribution < -0.4 is 15.5 Å². The number of halogens is 1. The number of aliphatic imine (C=N–C) groups is 1. The van der Waals surface area contributed by atoms with Gasteiger partial charge in [-0.2, -0.15) is 0 Å². The van der Waals surface area contributed by atoms with Crippen LogP contribution in [0.4, 0.5) is 5.82 Å². The minimum atomic E-state index is 0. The number of aromatic nitrogens is 1. The molecule has 8 heteroatoms. The summed E-state index contributed by atoms with van der Waals surface area (Å²) in [4.78, 5) is 10.8. The van der Waals surface area contributed by atoms with Gasteiger partial charge < -0.3 is 24.7 Å². The molecular weight excluding hydrogens is 445 g/mol. The molecule has 7 nitrogen and oxygen atoms in total. The van der Waals surface area contributed by atoms with Crippen molar-refractivity contribution in [3.63, 3.8) is 0 Å². The van der Waals surface area contributed by atoms with E-state index >= 15 is 0 Å². The van der Waals surface area contributed by atoms with Gasteiger partial charge in [0, 0.05) is 34.3 Å². The maximum Gasteiger partial charge on any atom is 0.191 e. The summed E-state index contributed by atoms with van der Waals surface area (Å²) in [6.45, 7) is 2.57. The van der Waals surface area contributed by atoms with E-state index in [4.69, 9.17) is 9.15 Å². The number of ether oxygens (including phenoxy) is 1. The maximum atomic E-state index is 5.55. The van der Waals surface area contributed by atoms with E-state index in [1.54, 1.807) is 13.3 Å². The average molecular weight is 473 g/mol. The molecule has 0 amide bonds. The molecule has 2 aromatic heterocycles. The first-order valence-electron chi connectivity index (χ1n) is 8.37. The van der Waals surface area contributed by atoms with Gasteiger partial charge in [0.1, 0.15) is 18.2 Å². The highest BCUT2D eigenvalue weighted by Gasteiger charge is 2.02. The number of nitrogens with one attached hydrogen (secondary N) is 2. The van der Waals surface area contributed by atoms with Crippen molar-refractivity contribution in [2.75, 3.05) is 39.2 Å². The van der Waals surface area contributed by atoms with E-state index in [9.17, 15) is 0 Å². The van der Waals surface area contributed by atoms with E-state index in [2.05, 4.69) is 20.6 Å². The van der Waals surface area contributed by atoms with Crippen molar-refractivity contribution in [2.24, 2.45) is 4.99 Å². The topological polar surface area (TPSA) is 74.9 Å². The van der Waals surface area contributed by atoms with Crippen molar-refractivity contribution in [1.82, 2.24) is 15.6 Å². The van der Waals surface area contributed by atoms with Gasteiger partial charge in [-0.3, -0.25) is 4.99 Å². The fourth-order valence-electron chi connectivity index (χ4n) is 2.16. The number of nitrogens with zero attached hydrogens (tertiary/aromatic N) is 3. The van der Waals surface area contributed by atoms with E-state index in [1.165, 1.54) is 0 Å². The third-order valence-electron chi connectivity index (χ3n) is 3.49. The number of hydrogen-bond donors (Lipinski definition) is 2. The van der Waals surface area contributed by atoms with E-state index in [-0.39, 0.29) is 24.0 Å². The van der Waals surface area contributed by atoms with Crippen LogP contribution in [0.1, 0.15) is 17.9 Å². The Hall–Kier alpha value is -1.81. The van der Waals surface area contributed by atoms with Crippen molar-refractivity contribution in [3.8, 4) is 0 Å². The largest absolute Gasteiger partial charge is 0.467 e. The van der Waals surface area contributed by atoms with Gasteiger partial charge in [-0.15, -0.1) is 24.0 Å². The van der Waals surface area contributed by atoms with Gasteiger partial charge in [-0.25, -0.2) is 4.98 Å². The zero-order valence-electron chi connectivity index (χ0n) is 15.6. The quantitative estimate of drug-likeness (QED) is 0.253. The molecule has 0 atom stereocenters. The molecule has 144 valence electrons. The third-order valence-corrected chi connectivity index (χ3v) is 3.49. The SMILES string of the molecule is CN=C(NCCCOCc1ccco1)NCc1cccc(N(C)C)n1.I. The van der Waals surface area contributed by atoms with Crippen molar-refractivity contribution in [1.29, 1.82) is 0 Å². The second-order valence-corrected chi connectivity index (χ2v) is 5.72. The Morgan fingerprint density at radius 3 is 2.77 bits per heavy atom. The van der Waals surface area contributed by atoms with Gasteiger partial charge in [0.25, 0.3) is 0 Å². The molecule has 0 aliphatic rings. The van der Waals surface area contributed by atoms with Crippen LogP contribution in [0.3, 0.4) is 0 Å². The smallest absolute Gasteiger partial charge is 0.191 e. The highest BCUT2D eigenvalue weighted by molar-refractivity contribution is 14.0. The third kappa shape index (κ3) is 8.05. The lowest BCUT2D eigenvalue weighted by molar-refractivity contribution is 0.105. The zero-order chi connectivity index (χ0) is 17.9. The predicted molar refractivity (Wildman–Crippen MR) is 115 cm³/mol. The molecule has 2 heterocycles. The summed E-state index contributed by atoms with van der Waals surface area (Å²) in [7, 11) is 5.72. The van der Waals surface area contributed by atoms with Crippen LogP contribution in [0.5, 0.6) is 0 Å². The van der Waals surface area contributed by atoms with E-state index in [0.29, 0.717) is 19.8 Å². The fourth-order valence-corrected chi connectivity index (χ4v) is 2.16. The van der Waals surface area contributed by atoms with Crippen LogP contribution >= 0.6 is 24.0 Å². The maximum absolute atomic E-state index is 5.55. The molecule has 0 radical (unpaired) electrons. The van der Waals surface area contributed by atoms with Crippen LogP contribution in [0.2, 0.25) is 0 Å². The van der Waals surface area contributed by atoms with Crippen molar-refractivity contribution in [2.45, 2.75) is 19.6 Å². The van der Waals surface area contributed by atoms with Crippen LogP contribution in [-0.2, 0) is 17.9 Å². The molecular formula is C18H28IN5O2. The Kier molecular flexibility index (Phi) is 10.7. The van der Waals surface area contributed by atoms with Gasteiger partial charge in [0.05, 0.1) is 18.5 Å². The van der Waals surface area contributed by atoms with Crippen LogP contribution in [0.15, 0.2) is 46.0 Å². The van der Waals surface area contributed by atoms with E-state index in [0.717, 1.165) is 36.2 Å². The van der Waals surface area contributed by atoms with E-state index in [1.807, 2.05) is 49.3 Å².